The maximum atomic E-state index is 11.5. The van der Waals surface area contributed by atoms with Gasteiger partial charge >= 0.3 is 11.9 Å². The van der Waals surface area contributed by atoms with Crippen LogP contribution in [0.3, 0.4) is 0 Å². The quantitative estimate of drug-likeness (QED) is 0.742. The highest BCUT2D eigenvalue weighted by molar-refractivity contribution is 5.94. The fourth-order valence-corrected chi connectivity index (χ4v) is 1.22. The molecule has 0 fully saturated rings. The number of nitrogens with zero attached hydrogens (tertiary/aromatic N) is 1. The summed E-state index contributed by atoms with van der Waals surface area (Å²) >= 11 is 0. The van der Waals surface area contributed by atoms with E-state index in [-0.39, 0.29) is 23.8 Å². The Balaban J connectivity index is 3.11. The number of hydrogen-bond donors (Lipinski definition) is 0. The van der Waals surface area contributed by atoms with Gasteiger partial charge in [0.15, 0.2) is 5.75 Å². The first-order valence-corrected chi connectivity index (χ1v) is 5.04. The smallest absolute Gasteiger partial charge is 0.343 e. The van der Waals surface area contributed by atoms with Gasteiger partial charge in [-0.2, -0.15) is 0 Å². The molecule has 0 radical (unpaired) electrons. The lowest BCUT2D eigenvalue weighted by Crippen LogP contribution is -2.08. The Hall–Kier alpha value is -2.11. The average molecular weight is 239 g/mol. The summed E-state index contributed by atoms with van der Waals surface area (Å²) < 4.78 is 10.8. The van der Waals surface area contributed by atoms with Crippen LogP contribution in [-0.4, -0.2) is 29.0 Å². The van der Waals surface area contributed by atoms with Crippen molar-refractivity contribution in [2.24, 2.45) is 0 Å². The molecule has 1 aromatic heterocycles. The maximum Gasteiger partial charge on any atom is 0.343 e. The predicted molar refractivity (Wildman–Crippen MR) is 58.0 cm³/mol. The van der Waals surface area contributed by atoms with E-state index in [1.165, 1.54) is 26.2 Å². The summed E-state index contributed by atoms with van der Waals surface area (Å²) in [6.07, 6.45) is 2.55. The summed E-state index contributed by atoms with van der Waals surface area (Å²) in [6.45, 7) is 4.39. The number of carbonyl (C=O) groups is 3. The van der Waals surface area contributed by atoms with Gasteiger partial charge in [-0.1, -0.05) is 0 Å². The number of aromatic nitrogens is 1. The molecule has 0 aromatic carbocycles. The van der Waals surface area contributed by atoms with Gasteiger partial charge in [0.05, 0.1) is 12.8 Å². The Kier molecular flexibility index (Phi) is 4.03. The minimum absolute atomic E-state index is 0.0196. The van der Waals surface area contributed by atoms with Crippen LogP contribution in [0.5, 0.6) is 5.75 Å². The van der Waals surface area contributed by atoms with Gasteiger partial charge in [-0.05, 0) is 6.92 Å². The molecule has 0 saturated heterocycles. The lowest BCUT2D eigenvalue weighted by atomic mass is 10.3. The predicted octanol–water partition coefficient (Wildman–Crippen LogP) is 1.25. The third kappa shape index (κ3) is 3.17. The van der Waals surface area contributed by atoms with E-state index in [0.717, 1.165) is 4.57 Å². The Bertz CT molecular complexity index is 460. The van der Waals surface area contributed by atoms with Crippen molar-refractivity contribution in [2.75, 3.05) is 6.61 Å². The molecule has 1 rings (SSSR count). The van der Waals surface area contributed by atoms with Gasteiger partial charge in [0, 0.05) is 20.0 Å². The Morgan fingerprint density at radius 3 is 2.35 bits per heavy atom. The molecular formula is C11H13NO5. The van der Waals surface area contributed by atoms with Gasteiger partial charge in [0.2, 0.25) is 5.91 Å². The van der Waals surface area contributed by atoms with Gasteiger partial charge in [-0.15, -0.1) is 0 Å². The van der Waals surface area contributed by atoms with E-state index < -0.39 is 11.9 Å². The molecule has 0 aliphatic carbocycles. The maximum absolute atomic E-state index is 11.5. The van der Waals surface area contributed by atoms with E-state index in [1.54, 1.807) is 6.92 Å². The molecule has 17 heavy (non-hydrogen) atoms. The Labute approximate surface area is 98.1 Å². The number of rotatable bonds is 3. The largest absolute Gasteiger partial charge is 0.462 e. The fourth-order valence-electron chi connectivity index (χ4n) is 1.22. The van der Waals surface area contributed by atoms with E-state index in [1.807, 2.05) is 0 Å². The van der Waals surface area contributed by atoms with Crippen LogP contribution in [0.4, 0.5) is 0 Å². The highest BCUT2D eigenvalue weighted by Crippen LogP contribution is 2.21. The van der Waals surface area contributed by atoms with E-state index in [0.29, 0.717) is 0 Å². The van der Waals surface area contributed by atoms with E-state index in [4.69, 9.17) is 9.47 Å². The monoisotopic (exact) mass is 239 g/mol. The van der Waals surface area contributed by atoms with E-state index in [9.17, 15) is 14.4 Å². The summed E-state index contributed by atoms with van der Waals surface area (Å²) in [7, 11) is 0. The van der Waals surface area contributed by atoms with Gasteiger partial charge in [0.25, 0.3) is 0 Å². The number of ether oxygens (including phenoxy) is 2. The van der Waals surface area contributed by atoms with Gasteiger partial charge < -0.3 is 9.47 Å². The standard InChI is InChI=1S/C11H13NO5/c1-4-16-11(15)9-5-12(7(2)13)6-10(9)17-8(3)14/h5-6H,4H2,1-3H3. The molecule has 0 N–H and O–H groups in total. The topological polar surface area (TPSA) is 74.6 Å². The molecule has 1 aromatic rings. The van der Waals surface area contributed by atoms with Crippen molar-refractivity contribution >= 4 is 17.8 Å². The van der Waals surface area contributed by atoms with Crippen LogP contribution in [0.1, 0.15) is 35.9 Å². The summed E-state index contributed by atoms with van der Waals surface area (Å²) in [4.78, 5) is 33.5. The average Bonchev–Trinajstić information content (AvgIpc) is 2.61. The van der Waals surface area contributed by atoms with Gasteiger partial charge in [-0.25, -0.2) is 4.79 Å². The zero-order valence-electron chi connectivity index (χ0n) is 9.85. The molecule has 0 aliphatic rings. The number of esters is 2. The van der Waals surface area contributed by atoms with Crippen LogP contribution in [0.25, 0.3) is 0 Å². The highest BCUT2D eigenvalue weighted by atomic mass is 16.5. The van der Waals surface area contributed by atoms with Crippen molar-refractivity contribution in [3.8, 4) is 5.75 Å². The molecule has 0 amide bonds. The minimum Gasteiger partial charge on any atom is -0.462 e. The summed E-state index contributed by atoms with van der Waals surface area (Å²) in [5.41, 5.74) is 0.0530. The zero-order valence-corrected chi connectivity index (χ0v) is 9.85. The van der Waals surface area contributed by atoms with Crippen LogP contribution in [-0.2, 0) is 9.53 Å². The third-order valence-electron chi connectivity index (χ3n) is 1.90. The molecule has 1 heterocycles. The lowest BCUT2D eigenvalue weighted by Gasteiger charge is -2.02. The number of carbonyl (C=O) groups excluding carboxylic acids is 3. The molecule has 6 nitrogen and oxygen atoms in total. The van der Waals surface area contributed by atoms with Crippen LogP contribution in [0, 0.1) is 0 Å². The molecule has 92 valence electrons. The Morgan fingerprint density at radius 1 is 1.24 bits per heavy atom. The first-order valence-electron chi connectivity index (χ1n) is 5.04. The van der Waals surface area contributed by atoms with Crippen molar-refractivity contribution in [1.82, 2.24) is 4.57 Å². The van der Waals surface area contributed by atoms with Crippen molar-refractivity contribution in [2.45, 2.75) is 20.8 Å². The first kappa shape index (κ1) is 13.0. The summed E-state index contributed by atoms with van der Waals surface area (Å²) in [6, 6.07) is 0. The molecule has 0 spiro atoms. The molecule has 0 saturated carbocycles. The zero-order chi connectivity index (χ0) is 13.0. The lowest BCUT2D eigenvalue weighted by molar-refractivity contribution is -0.131. The minimum atomic E-state index is -0.635. The molecule has 6 heteroatoms. The fraction of sp³-hybridized carbons (Fsp3) is 0.364. The molecule has 0 aliphatic heterocycles. The Morgan fingerprint density at radius 2 is 1.88 bits per heavy atom. The van der Waals surface area contributed by atoms with Crippen LogP contribution in [0.2, 0.25) is 0 Å². The number of hydrogen-bond acceptors (Lipinski definition) is 5. The summed E-state index contributed by atoms with van der Waals surface area (Å²) in [5.74, 6) is -1.49. The molecule has 0 bridgehead atoms. The second kappa shape index (κ2) is 5.29. The highest BCUT2D eigenvalue weighted by Gasteiger charge is 2.19. The van der Waals surface area contributed by atoms with Crippen molar-refractivity contribution in [3.05, 3.63) is 18.0 Å². The molecule has 0 atom stereocenters. The second-order valence-electron chi connectivity index (χ2n) is 3.28. The van der Waals surface area contributed by atoms with Gasteiger partial charge in [0.1, 0.15) is 5.56 Å². The van der Waals surface area contributed by atoms with Gasteiger partial charge in [-0.3, -0.25) is 14.2 Å². The van der Waals surface area contributed by atoms with Crippen molar-refractivity contribution in [3.63, 3.8) is 0 Å². The molecule has 0 unspecified atom stereocenters. The second-order valence-corrected chi connectivity index (χ2v) is 3.28. The van der Waals surface area contributed by atoms with Crippen LogP contribution >= 0.6 is 0 Å². The third-order valence-corrected chi connectivity index (χ3v) is 1.90. The van der Waals surface area contributed by atoms with Crippen molar-refractivity contribution in [1.29, 1.82) is 0 Å². The normalized spacial score (nSPS) is 9.82. The van der Waals surface area contributed by atoms with E-state index >= 15 is 0 Å². The van der Waals surface area contributed by atoms with Crippen LogP contribution < -0.4 is 4.74 Å². The first-order chi connectivity index (χ1) is 7.95. The SMILES string of the molecule is CCOC(=O)c1cn(C(C)=O)cc1OC(C)=O. The van der Waals surface area contributed by atoms with E-state index in [2.05, 4.69) is 0 Å². The van der Waals surface area contributed by atoms with Crippen LogP contribution in [0.15, 0.2) is 12.4 Å². The van der Waals surface area contributed by atoms with Crippen molar-refractivity contribution < 1.29 is 23.9 Å². The molecular weight excluding hydrogens is 226 g/mol. The summed E-state index contributed by atoms with van der Waals surface area (Å²) in [5, 5.41) is 0.